The molecule has 0 radical (unpaired) electrons. The van der Waals surface area contributed by atoms with E-state index < -0.39 is 37.5 Å². The predicted molar refractivity (Wildman–Crippen MR) is 255 cm³/mol. The molecule has 70 heavy (non-hydrogen) atoms. The van der Waals surface area contributed by atoms with Crippen LogP contribution in [-0.4, -0.2) is 64.4 Å². The maximum Gasteiger partial charge on any atom is 0.298 e. The minimum atomic E-state index is -4.77. The minimum absolute atomic E-state index is 0.00383. The Labute approximate surface area is 401 Å². The van der Waals surface area contributed by atoms with E-state index in [1.165, 1.54) is 40.8 Å². The summed E-state index contributed by atoms with van der Waals surface area (Å²) in [6.07, 6.45) is -0.144. The van der Waals surface area contributed by atoms with Crippen molar-refractivity contribution in [1.82, 2.24) is 9.38 Å². The van der Waals surface area contributed by atoms with Crippen molar-refractivity contribution in [3.8, 4) is 40.6 Å². The molecule has 3 aromatic heterocycles. The molecule has 4 N–H and O–H groups in total. The number of aliphatic hydroxyl groups is 1. The van der Waals surface area contributed by atoms with Gasteiger partial charge in [-0.2, -0.15) is 27.4 Å². The predicted octanol–water partition coefficient (Wildman–Crippen LogP) is 10.6. The van der Waals surface area contributed by atoms with Crippen LogP contribution in [0.4, 0.5) is 32.8 Å². The van der Waals surface area contributed by atoms with Crippen LogP contribution in [0.5, 0.6) is 17.4 Å². The highest BCUT2D eigenvalue weighted by Crippen LogP contribution is 2.52. The quantitative estimate of drug-likeness (QED) is 0.0303. The second kappa shape index (κ2) is 19.7. The van der Waals surface area contributed by atoms with Crippen LogP contribution in [0.15, 0.2) is 127 Å². The van der Waals surface area contributed by atoms with E-state index in [0.717, 1.165) is 17.4 Å². The third kappa shape index (κ3) is 9.54. The van der Waals surface area contributed by atoms with Gasteiger partial charge in [-0.25, -0.2) is 4.98 Å². The molecule has 0 aliphatic carbocycles. The first-order valence-electron chi connectivity index (χ1n) is 20.5. The highest BCUT2D eigenvalue weighted by atomic mass is 32.2. The lowest BCUT2D eigenvalue weighted by molar-refractivity contribution is -0.120. The molecule has 0 saturated carbocycles. The lowest BCUT2D eigenvalue weighted by Crippen LogP contribution is -2.08. The average Bonchev–Trinajstić information content (AvgIpc) is 3.89. The van der Waals surface area contributed by atoms with Crippen LogP contribution in [-0.2, 0) is 31.6 Å². The van der Waals surface area contributed by atoms with Crippen LogP contribution in [0.3, 0.4) is 0 Å². The Morgan fingerprint density at radius 3 is 2.20 bits per heavy atom. The molecule has 0 unspecified atom stereocenters. The summed E-state index contributed by atoms with van der Waals surface area (Å²) in [5, 5.41) is 70.3. The van der Waals surface area contributed by atoms with Gasteiger partial charge in [0.1, 0.15) is 56.0 Å². The molecule has 5 aromatic carbocycles. The Bertz CT molecular complexity index is 3860. The molecular formula is C46H34N10O11S3. The number of pyridine rings is 1. The first-order valence-corrected chi connectivity index (χ1v) is 24.3. The Morgan fingerprint density at radius 2 is 1.47 bits per heavy atom. The van der Waals surface area contributed by atoms with E-state index >= 15 is 0 Å². The van der Waals surface area contributed by atoms with E-state index in [2.05, 4.69) is 47.8 Å². The monoisotopic (exact) mass is 998 g/mol. The lowest BCUT2D eigenvalue weighted by Gasteiger charge is -2.15. The van der Waals surface area contributed by atoms with Crippen molar-refractivity contribution in [2.45, 2.75) is 31.8 Å². The number of azo groups is 3. The van der Waals surface area contributed by atoms with Gasteiger partial charge in [0.2, 0.25) is 5.88 Å². The summed E-state index contributed by atoms with van der Waals surface area (Å²) in [7, 11) is -9.11. The summed E-state index contributed by atoms with van der Waals surface area (Å²) < 4.78 is 79.5. The molecule has 0 amide bonds. The van der Waals surface area contributed by atoms with Crippen LogP contribution >= 0.6 is 11.3 Å². The zero-order chi connectivity index (χ0) is 49.9. The highest BCUT2D eigenvalue weighted by molar-refractivity contribution is 7.86. The van der Waals surface area contributed by atoms with Gasteiger partial charge in [-0.3, -0.25) is 18.3 Å². The van der Waals surface area contributed by atoms with E-state index in [1.807, 2.05) is 0 Å². The molecule has 8 aromatic rings. The summed E-state index contributed by atoms with van der Waals surface area (Å²) in [5.74, 6) is -1.01. The molecule has 0 atom stereocenters. The molecule has 8 rings (SSSR count). The number of para-hydroxylation sites is 2. The zero-order valence-electron chi connectivity index (χ0n) is 36.4. The van der Waals surface area contributed by atoms with Gasteiger partial charge in [-0.05, 0) is 73.0 Å². The van der Waals surface area contributed by atoms with E-state index in [9.17, 15) is 51.5 Å². The number of hydrogen-bond donors (Lipinski definition) is 4. The normalized spacial score (nSPS) is 12.2. The van der Waals surface area contributed by atoms with Crippen LogP contribution < -0.4 is 9.47 Å². The Hall–Kier alpha value is -8.36. The number of carbonyl (C=O) groups excluding carboxylic acids is 1. The fourth-order valence-corrected chi connectivity index (χ4v) is 9.53. The Balaban J connectivity index is 1.28. The number of aromatic nitrogens is 2. The number of ether oxygens (including phenoxy) is 2. The molecule has 0 aliphatic heterocycles. The Morgan fingerprint density at radius 1 is 0.786 bits per heavy atom. The molecule has 0 aliphatic rings. The summed E-state index contributed by atoms with van der Waals surface area (Å²) in [6.45, 7) is 2.47. The van der Waals surface area contributed by atoms with Gasteiger partial charge in [0, 0.05) is 28.3 Å². The van der Waals surface area contributed by atoms with Crippen molar-refractivity contribution < 1.29 is 50.4 Å². The van der Waals surface area contributed by atoms with Crippen molar-refractivity contribution in [2.24, 2.45) is 30.7 Å². The fourth-order valence-electron chi connectivity index (χ4n) is 7.52. The van der Waals surface area contributed by atoms with Crippen LogP contribution in [0.25, 0.3) is 38.6 Å². The number of nitrogens with zero attached hydrogens (tertiary/aromatic N) is 10. The third-order valence-corrected chi connectivity index (χ3v) is 13.4. The first-order chi connectivity index (χ1) is 33.6. The number of hydrogen-bond acceptors (Lipinski definition) is 19. The maximum absolute atomic E-state index is 12.3. The zero-order valence-corrected chi connectivity index (χ0v) is 38.9. The molecule has 21 nitrogen and oxygen atoms in total. The van der Waals surface area contributed by atoms with Crippen LogP contribution in [0.1, 0.15) is 34.2 Å². The number of carbonyl (C=O) groups is 1. The van der Waals surface area contributed by atoms with Gasteiger partial charge < -0.3 is 19.7 Å². The largest absolute Gasteiger partial charge is 0.493 e. The summed E-state index contributed by atoms with van der Waals surface area (Å²) >= 11 is 0.804. The number of imidazole rings is 1. The first kappa shape index (κ1) is 48.1. The lowest BCUT2D eigenvalue weighted by atomic mass is 9.91. The standard InChI is InChI=1S/C46H34N10O11S3/c1-25-18-35(52-53-42-26(2)29(21-47)43-49-32-12-5-7-14-36(32)56(43)46(42)59)38(66-16-9-17-69(60,61)62)20-34(25)51-54-44-30(22-48)41(45(68-44)55-50-33-13-6-8-15-39(33)70(63,64)65)40-28-11-4-3-10-27(28)19-37(67-24-58)31(40)23-57/h3-8,10-15,18-20,24,57,59H,9,16-17,23H2,1-2H3,(H,60,61,62)(H,63,64,65). The molecule has 0 bridgehead atoms. The van der Waals surface area contributed by atoms with E-state index in [1.54, 1.807) is 62.4 Å². The number of aryl methyl sites for hydroxylation is 1. The van der Waals surface area contributed by atoms with Crippen molar-refractivity contribution in [3.63, 3.8) is 0 Å². The molecule has 24 heteroatoms. The second-order valence-corrected chi connectivity index (χ2v) is 19.0. The smallest absolute Gasteiger partial charge is 0.298 e. The number of thiophene rings is 1. The average molecular weight is 999 g/mol. The van der Waals surface area contributed by atoms with E-state index in [-0.39, 0.29) is 109 Å². The molecule has 3 heterocycles. The van der Waals surface area contributed by atoms with Crippen molar-refractivity contribution in [3.05, 3.63) is 119 Å². The van der Waals surface area contributed by atoms with Crippen molar-refractivity contribution >= 4 is 98.2 Å². The van der Waals surface area contributed by atoms with Gasteiger partial charge in [0.15, 0.2) is 16.3 Å². The summed E-state index contributed by atoms with van der Waals surface area (Å²) in [4.78, 5) is 15.6. The number of nitriles is 2. The fraction of sp³-hybridized carbons (Fsp3) is 0.130. The number of aliphatic hydroxyl groups excluding tert-OH is 1. The molecule has 0 spiro atoms. The molecule has 0 saturated heterocycles. The SMILES string of the molecule is Cc1cc(N=Nc2c(C)c(C#N)c3nc4ccccc4n3c2O)c(OCCCS(=O)(=O)O)cc1N=Nc1sc(N=Nc2ccccc2S(=O)(=O)O)c(-c2c(CO)c(OC=O)cc3ccccc23)c1C#N. The molecular weight excluding hydrogens is 965 g/mol. The summed E-state index contributed by atoms with van der Waals surface area (Å²) in [5.41, 5.74) is 2.20. The number of rotatable bonds is 16. The number of benzene rings is 5. The van der Waals surface area contributed by atoms with E-state index in [0.29, 0.717) is 27.4 Å². The van der Waals surface area contributed by atoms with Crippen molar-refractivity contribution in [2.75, 3.05) is 12.4 Å². The van der Waals surface area contributed by atoms with Gasteiger partial charge >= 0.3 is 0 Å². The topological polar surface area (TPSA) is 324 Å². The number of aromatic hydroxyl groups is 1. The Kier molecular flexibility index (Phi) is 13.5. The van der Waals surface area contributed by atoms with Gasteiger partial charge in [-0.15, -0.1) is 30.7 Å². The molecule has 0 fully saturated rings. The number of fused-ring (bicyclic) bond motifs is 4. The third-order valence-electron chi connectivity index (χ3n) is 10.7. The maximum atomic E-state index is 12.3. The van der Waals surface area contributed by atoms with Crippen molar-refractivity contribution in [1.29, 1.82) is 10.5 Å². The van der Waals surface area contributed by atoms with Crippen LogP contribution in [0, 0.1) is 36.5 Å². The highest BCUT2D eigenvalue weighted by Gasteiger charge is 2.27. The minimum Gasteiger partial charge on any atom is -0.493 e. The van der Waals surface area contributed by atoms with Gasteiger partial charge in [0.25, 0.3) is 26.7 Å². The summed E-state index contributed by atoms with van der Waals surface area (Å²) in [6, 6.07) is 27.7. The van der Waals surface area contributed by atoms with Crippen LogP contribution in [0.2, 0.25) is 0 Å². The van der Waals surface area contributed by atoms with Gasteiger partial charge in [0.05, 0.1) is 35.7 Å². The van der Waals surface area contributed by atoms with E-state index in [4.69, 9.17) is 9.47 Å². The van der Waals surface area contributed by atoms with Gasteiger partial charge in [-0.1, -0.05) is 59.9 Å². The second-order valence-electron chi connectivity index (χ2n) is 15.1. The molecule has 352 valence electrons.